The summed E-state index contributed by atoms with van der Waals surface area (Å²) in [5.41, 5.74) is 9.40. The zero-order chi connectivity index (χ0) is 16.3. The summed E-state index contributed by atoms with van der Waals surface area (Å²) in [5, 5.41) is 13.4. The molecule has 5 rings (SSSR count). The van der Waals surface area contributed by atoms with Gasteiger partial charge in [-0.15, -0.1) is 0 Å². The number of hydrogen-bond acceptors (Lipinski definition) is 4. The van der Waals surface area contributed by atoms with E-state index in [0.717, 1.165) is 53.1 Å². The van der Waals surface area contributed by atoms with E-state index in [1.165, 1.54) is 10.9 Å². The molecule has 4 nitrogen and oxygen atoms in total. The minimum absolute atomic E-state index is 0.103. The van der Waals surface area contributed by atoms with Gasteiger partial charge in [-0.25, -0.2) is 4.98 Å². The van der Waals surface area contributed by atoms with Gasteiger partial charge in [0.05, 0.1) is 5.39 Å². The lowest BCUT2D eigenvalue weighted by atomic mass is 9.89. The Kier molecular flexibility index (Phi) is 2.71. The number of aryl methyl sites for hydroxylation is 2. The van der Waals surface area contributed by atoms with Crippen molar-refractivity contribution in [2.24, 2.45) is 0 Å². The van der Waals surface area contributed by atoms with Gasteiger partial charge in [-0.2, -0.15) is 0 Å². The van der Waals surface area contributed by atoms with Gasteiger partial charge in [-0.05, 0) is 48.1 Å². The molecule has 0 amide bonds. The number of fused-ring (bicyclic) bond motifs is 7. The molecule has 1 aliphatic rings. The van der Waals surface area contributed by atoms with Gasteiger partial charge in [0.1, 0.15) is 11.4 Å². The third kappa shape index (κ3) is 1.74. The highest BCUT2D eigenvalue weighted by Gasteiger charge is 2.21. The zero-order valence-corrected chi connectivity index (χ0v) is 13.2. The molecule has 0 saturated carbocycles. The molecule has 0 spiro atoms. The largest absolute Gasteiger partial charge is 0.438 e. The van der Waals surface area contributed by atoms with Gasteiger partial charge >= 0.3 is 0 Å². The molecule has 4 heteroatoms. The topological polar surface area (TPSA) is 75.9 Å². The number of nitrogens with zero attached hydrogens (tertiary/aromatic N) is 1. The standard InChI is InChI=1S/C20H17N3O/c21-19-18-17(13-7-3-4-8-14(13)23-19)16-12-6-2-1-5-11(12)9-10-15(16)24-20(18)22/h1-2,5-6,9-10,22H,3-4,7-8H2,(H2,21,23). The Morgan fingerprint density at radius 2 is 1.79 bits per heavy atom. The molecule has 0 saturated heterocycles. The van der Waals surface area contributed by atoms with Crippen LogP contribution >= 0.6 is 0 Å². The van der Waals surface area contributed by atoms with E-state index in [-0.39, 0.29) is 5.55 Å². The zero-order valence-electron chi connectivity index (χ0n) is 13.2. The summed E-state index contributed by atoms with van der Waals surface area (Å²) in [5.74, 6) is 0.411. The molecule has 2 aromatic heterocycles. The molecule has 0 aliphatic heterocycles. The lowest BCUT2D eigenvalue weighted by Crippen LogP contribution is -2.13. The van der Waals surface area contributed by atoms with E-state index in [2.05, 4.69) is 17.1 Å². The summed E-state index contributed by atoms with van der Waals surface area (Å²) in [6.45, 7) is 0. The minimum atomic E-state index is 0.103. The van der Waals surface area contributed by atoms with Gasteiger partial charge in [0.2, 0.25) is 5.55 Å². The van der Waals surface area contributed by atoms with E-state index >= 15 is 0 Å². The van der Waals surface area contributed by atoms with Crippen molar-refractivity contribution < 1.29 is 4.42 Å². The molecule has 4 aromatic rings. The van der Waals surface area contributed by atoms with Crippen molar-refractivity contribution in [3.63, 3.8) is 0 Å². The lowest BCUT2D eigenvalue weighted by molar-refractivity contribution is 0.542. The number of rotatable bonds is 0. The van der Waals surface area contributed by atoms with E-state index in [4.69, 9.17) is 15.6 Å². The average molecular weight is 315 g/mol. The van der Waals surface area contributed by atoms with Crippen LogP contribution in [0.25, 0.3) is 32.5 Å². The number of pyridine rings is 1. The number of anilines is 1. The van der Waals surface area contributed by atoms with Gasteiger partial charge in [0.15, 0.2) is 0 Å². The summed E-state index contributed by atoms with van der Waals surface area (Å²) in [6.07, 6.45) is 4.25. The quantitative estimate of drug-likeness (QED) is 0.480. The normalized spacial score (nSPS) is 14.3. The minimum Gasteiger partial charge on any atom is -0.438 e. The number of nitrogens with one attached hydrogen (secondary N) is 1. The first-order valence-corrected chi connectivity index (χ1v) is 8.34. The predicted octanol–water partition coefficient (Wildman–Crippen LogP) is 4.07. The average Bonchev–Trinajstić information content (AvgIpc) is 2.61. The van der Waals surface area contributed by atoms with Crippen molar-refractivity contribution in [3.05, 3.63) is 53.2 Å². The van der Waals surface area contributed by atoms with Crippen molar-refractivity contribution in [3.8, 4) is 0 Å². The van der Waals surface area contributed by atoms with Crippen molar-refractivity contribution in [2.45, 2.75) is 25.7 Å². The maximum Gasteiger partial charge on any atom is 0.223 e. The first-order chi connectivity index (χ1) is 11.7. The molecule has 2 heterocycles. The van der Waals surface area contributed by atoms with Crippen LogP contribution in [0.5, 0.6) is 0 Å². The van der Waals surface area contributed by atoms with E-state index in [9.17, 15) is 0 Å². The highest BCUT2D eigenvalue weighted by molar-refractivity contribution is 6.20. The molecule has 0 bridgehead atoms. The van der Waals surface area contributed by atoms with Gasteiger partial charge in [0, 0.05) is 16.5 Å². The van der Waals surface area contributed by atoms with Gasteiger partial charge in [0.25, 0.3) is 0 Å². The summed E-state index contributed by atoms with van der Waals surface area (Å²) < 4.78 is 5.80. The fourth-order valence-electron chi connectivity index (χ4n) is 4.02. The smallest absolute Gasteiger partial charge is 0.223 e. The molecule has 0 unspecified atom stereocenters. The lowest BCUT2D eigenvalue weighted by Gasteiger charge is -2.19. The molecular formula is C20H17N3O. The van der Waals surface area contributed by atoms with Crippen molar-refractivity contribution in [1.82, 2.24) is 4.98 Å². The van der Waals surface area contributed by atoms with Crippen LogP contribution in [0.15, 0.2) is 40.8 Å². The van der Waals surface area contributed by atoms with Crippen molar-refractivity contribution in [1.29, 1.82) is 5.41 Å². The maximum atomic E-state index is 8.33. The van der Waals surface area contributed by atoms with E-state index < -0.39 is 0 Å². The Labute approximate surface area is 138 Å². The number of hydrogen-bond donors (Lipinski definition) is 2. The van der Waals surface area contributed by atoms with E-state index in [1.807, 2.05) is 24.3 Å². The maximum absolute atomic E-state index is 8.33. The van der Waals surface area contributed by atoms with Crippen LogP contribution in [-0.2, 0) is 12.8 Å². The van der Waals surface area contributed by atoms with Crippen LogP contribution in [0.4, 0.5) is 5.82 Å². The Morgan fingerprint density at radius 1 is 0.958 bits per heavy atom. The SMILES string of the molecule is N=c1oc2ccc3ccccc3c2c2c3c(nc(N)c12)CCCC3. The highest BCUT2D eigenvalue weighted by atomic mass is 16.3. The molecule has 0 radical (unpaired) electrons. The first-order valence-electron chi connectivity index (χ1n) is 8.34. The monoisotopic (exact) mass is 315 g/mol. The fraction of sp³-hybridized carbons (Fsp3) is 0.200. The Hall–Kier alpha value is -2.88. The van der Waals surface area contributed by atoms with Crippen LogP contribution in [0.2, 0.25) is 0 Å². The third-order valence-corrected chi connectivity index (χ3v) is 5.08. The summed E-state index contributed by atoms with van der Waals surface area (Å²) >= 11 is 0. The van der Waals surface area contributed by atoms with Crippen LogP contribution in [0, 0.1) is 5.41 Å². The van der Waals surface area contributed by atoms with Crippen LogP contribution in [0.3, 0.4) is 0 Å². The third-order valence-electron chi connectivity index (χ3n) is 5.08. The number of nitrogen functional groups attached to an aromatic ring is 1. The second kappa shape index (κ2) is 4.81. The molecule has 0 fully saturated rings. The van der Waals surface area contributed by atoms with Gasteiger partial charge in [-0.3, -0.25) is 5.41 Å². The molecule has 3 N–H and O–H groups in total. The predicted molar refractivity (Wildman–Crippen MR) is 95.9 cm³/mol. The van der Waals surface area contributed by atoms with Crippen molar-refractivity contribution in [2.75, 3.05) is 5.73 Å². The van der Waals surface area contributed by atoms with Crippen LogP contribution < -0.4 is 11.3 Å². The van der Waals surface area contributed by atoms with Crippen LogP contribution in [0.1, 0.15) is 24.1 Å². The summed E-state index contributed by atoms with van der Waals surface area (Å²) in [4.78, 5) is 4.59. The summed E-state index contributed by atoms with van der Waals surface area (Å²) in [7, 11) is 0. The number of nitrogens with two attached hydrogens (primary N) is 1. The first kappa shape index (κ1) is 13.5. The molecule has 0 atom stereocenters. The molecular weight excluding hydrogens is 298 g/mol. The number of benzene rings is 2. The molecule has 2 aromatic carbocycles. The molecule has 1 aliphatic carbocycles. The second-order valence-corrected chi connectivity index (χ2v) is 6.47. The Bertz CT molecular complexity index is 1190. The van der Waals surface area contributed by atoms with Gasteiger partial charge < -0.3 is 10.2 Å². The number of aromatic nitrogens is 1. The molecule has 24 heavy (non-hydrogen) atoms. The van der Waals surface area contributed by atoms with E-state index in [1.54, 1.807) is 0 Å². The Balaban J connectivity index is 2.15. The second-order valence-electron chi connectivity index (χ2n) is 6.47. The highest BCUT2D eigenvalue weighted by Crippen LogP contribution is 2.37. The fourth-order valence-corrected chi connectivity index (χ4v) is 4.02. The van der Waals surface area contributed by atoms with Crippen molar-refractivity contribution >= 4 is 38.3 Å². The Morgan fingerprint density at radius 3 is 2.71 bits per heavy atom. The van der Waals surface area contributed by atoms with Crippen LogP contribution in [-0.4, -0.2) is 4.98 Å². The van der Waals surface area contributed by atoms with E-state index in [0.29, 0.717) is 11.2 Å². The van der Waals surface area contributed by atoms with Gasteiger partial charge in [-0.1, -0.05) is 30.3 Å². The summed E-state index contributed by atoms with van der Waals surface area (Å²) in [6, 6.07) is 12.3. The molecule has 118 valence electrons.